The van der Waals surface area contributed by atoms with Crippen LogP contribution in [0.1, 0.15) is 38.4 Å². The number of imidazole rings is 1. The van der Waals surface area contributed by atoms with Crippen molar-refractivity contribution in [2.45, 2.75) is 45.6 Å². The third kappa shape index (κ3) is 5.28. The number of rotatable bonds is 6. The molecule has 2 aliphatic rings. The Morgan fingerprint density at radius 3 is 3.00 bits per heavy atom. The summed E-state index contributed by atoms with van der Waals surface area (Å²) in [5, 5.41) is 0. The van der Waals surface area contributed by atoms with Crippen LogP contribution >= 0.6 is 0 Å². The fourth-order valence-electron chi connectivity index (χ4n) is 3.95. The van der Waals surface area contributed by atoms with Gasteiger partial charge in [-0.25, -0.2) is 4.98 Å². The highest BCUT2D eigenvalue weighted by molar-refractivity contribution is 5.76. The van der Waals surface area contributed by atoms with Gasteiger partial charge in [0.25, 0.3) is 0 Å². The van der Waals surface area contributed by atoms with Gasteiger partial charge in [0.1, 0.15) is 5.82 Å². The maximum atomic E-state index is 12.6. The second-order valence-electron chi connectivity index (χ2n) is 7.26. The average Bonchev–Trinajstić information content (AvgIpc) is 2.98. The first-order valence-corrected chi connectivity index (χ1v) is 9.84. The van der Waals surface area contributed by atoms with Crippen molar-refractivity contribution in [3.05, 3.63) is 18.2 Å². The van der Waals surface area contributed by atoms with Gasteiger partial charge >= 0.3 is 0 Å². The van der Waals surface area contributed by atoms with Gasteiger partial charge in [0, 0.05) is 64.6 Å². The highest BCUT2D eigenvalue weighted by Crippen LogP contribution is 2.16. The minimum absolute atomic E-state index is 0.276. The number of nitrogens with zero attached hydrogens (tertiary/aromatic N) is 4. The maximum absolute atomic E-state index is 12.6. The number of amides is 1. The van der Waals surface area contributed by atoms with E-state index in [1.807, 2.05) is 12.4 Å². The van der Waals surface area contributed by atoms with Crippen molar-refractivity contribution in [1.82, 2.24) is 19.4 Å². The number of hydrogen-bond donors (Lipinski definition) is 0. The third-order valence-corrected chi connectivity index (χ3v) is 5.40. The summed E-state index contributed by atoms with van der Waals surface area (Å²) in [4.78, 5) is 21.5. The molecule has 1 aromatic rings. The smallest absolute Gasteiger partial charge is 0.224 e. The summed E-state index contributed by atoms with van der Waals surface area (Å²) in [6.45, 7) is 9.63. The second-order valence-corrected chi connectivity index (χ2v) is 7.26. The SMILES string of the molecule is CCc1nccn1CCC(=O)N1CCCN(CC2CCCOC2)CC1. The molecule has 0 radical (unpaired) electrons. The Morgan fingerprint density at radius 2 is 2.20 bits per heavy atom. The first kappa shape index (κ1) is 18.4. The first-order valence-electron chi connectivity index (χ1n) is 9.84. The normalized spacial score (nSPS) is 22.8. The molecule has 3 rings (SSSR count). The van der Waals surface area contributed by atoms with Gasteiger partial charge in [-0.15, -0.1) is 0 Å². The van der Waals surface area contributed by atoms with E-state index in [2.05, 4.69) is 26.3 Å². The molecule has 1 amide bonds. The Morgan fingerprint density at radius 1 is 1.28 bits per heavy atom. The molecule has 6 nitrogen and oxygen atoms in total. The Bertz CT molecular complexity index is 539. The summed E-state index contributed by atoms with van der Waals surface area (Å²) < 4.78 is 7.70. The van der Waals surface area contributed by atoms with Crippen LogP contribution in [0, 0.1) is 5.92 Å². The molecule has 1 atom stereocenters. The molecule has 0 N–H and O–H groups in total. The van der Waals surface area contributed by atoms with Gasteiger partial charge in [0.05, 0.1) is 6.61 Å². The van der Waals surface area contributed by atoms with Crippen molar-refractivity contribution in [2.24, 2.45) is 5.92 Å². The maximum Gasteiger partial charge on any atom is 0.224 e. The Balaban J connectivity index is 1.43. The van der Waals surface area contributed by atoms with E-state index in [-0.39, 0.29) is 5.91 Å². The van der Waals surface area contributed by atoms with Crippen LogP contribution < -0.4 is 0 Å². The van der Waals surface area contributed by atoms with Gasteiger partial charge in [-0.1, -0.05) is 6.92 Å². The fraction of sp³-hybridized carbons (Fsp3) is 0.789. The third-order valence-electron chi connectivity index (χ3n) is 5.40. The molecule has 2 saturated heterocycles. The van der Waals surface area contributed by atoms with E-state index in [1.54, 1.807) is 0 Å². The van der Waals surface area contributed by atoms with E-state index in [0.717, 1.165) is 71.1 Å². The number of carbonyl (C=O) groups excluding carboxylic acids is 1. The van der Waals surface area contributed by atoms with Crippen LogP contribution in [0.2, 0.25) is 0 Å². The molecule has 0 spiro atoms. The molecular formula is C19H32N4O2. The van der Waals surface area contributed by atoms with E-state index in [0.29, 0.717) is 12.3 Å². The van der Waals surface area contributed by atoms with Gasteiger partial charge in [-0.2, -0.15) is 0 Å². The second kappa shape index (κ2) is 9.34. The van der Waals surface area contributed by atoms with Crippen molar-refractivity contribution in [1.29, 1.82) is 0 Å². The molecular weight excluding hydrogens is 316 g/mol. The summed E-state index contributed by atoms with van der Waals surface area (Å²) in [5.74, 6) is 2.01. The van der Waals surface area contributed by atoms with Crippen LogP contribution in [0.5, 0.6) is 0 Å². The molecule has 0 aliphatic carbocycles. The van der Waals surface area contributed by atoms with Crippen LogP contribution in [0.4, 0.5) is 0 Å². The van der Waals surface area contributed by atoms with E-state index < -0.39 is 0 Å². The Kier molecular flexibility index (Phi) is 6.87. The zero-order chi connectivity index (χ0) is 17.5. The molecule has 3 heterocycles. The first-order chi connectivity index (χ1) is 12.3. The lowest BCUT2D eigenvalue weighted by Gasteiger charge is -2.28. The van der Waals surface area contributed by atoms with E-state index in [9.17, 15) is 4.79 Å². The van der Waals surface area contributed by atoms with Crippen LogP contribution in [0.3, 0.4) is 0 Å². The van der Waals surface area contributed by atoms with Gasteiger partial charge in [0.2, 0.25) is 5.91 Å². The predicted octanol–water partition coefficient (Wildman–Crippen LogP) is 1.80. The molecule has 2 fully saturated rings. The minimum Gasteiger partial charge on any atom is -0.381 e. The summed E-state index contributed by atoms with van der Waals surface area (Å²) in [6, 6.07) is 0. The van der Waals surface area contributed by atoms with Crippen molar-refractivity contribution >= 4 is 5.91 Å². The molecule has 2 aliphatic heterocycles. The van der Waals surface area contributed by atoms with Crippen LogP contribution in [0.25, 0.3) is 0 Å². The lowest BCUT2D eigenvalue weighted by Crippen LogP contribution is -2.38. The van der Waals surface area contributed by atoms with Crippen molar-refractivity contribution in [3.63, 3.8) is 0 Å². The highest BCUT2D eigenvalue weighted by Gasteiger charge is 2.22. The summed E-state index contributed by atoms with van der Waals surface area (Å²) >= 11 is 0. The molecule has 0 aromatic carbocycles. The van der Waals surface area contributed by atoms with Crippen LogP contribution in [-0.2, 0) is 22.5 Å². The molecule has 0 saturated carbocycles. The molecule has 140 valence electrons. The zero-order valence-corrected chi connectivity index (χ0v) is 15.5. The van der Waals surface area contributed by atoms with Gasteiger partial charge < -0.3 is 19.1 Å². The van der Waals surface area contributed by atoms with Crippen molar-refractivity contribution in [3.8, 4) is 0 Å². The Labute approximate surface area is 151 Å². The summed E-state index contributed by atoms with van der Waals surface area (Å²) in [5.41, 5.74) is 0. The summed E-state index contributed by atoms with van der Waals surface area (Å²) in [7, 11) is 0. The van der Waals surface area contributed by atoms with E-state index in [4.69, 9.17) is 4.74 Å². The number of hydrogen-bond acceptors (Lipinski definition) is 4. The quantitative estimate of drug-likeness (QED) is 0.787. The summed E-state index contributed by atoms with van der Waals surface area (Å²) in [6.07, 6.45) is 8.82. The Hall–Kier alpha value is -1.40. The minimum atomic E-state index is 0.276. The van der Waals surface area contributed by atoms with Crippen LogP contribution in [0.15, 0.2) is 12.4 Å². The molecule has 6 heteroatoms. The van der Waals surface area contributed by atoms with Gasteiger partial charge in [0.15, 0.2) is 0 Å². The van der Waals surface area contributed by atoms with Crippen molar-refractivity contribution < 1.29 is 9.53 Å². The van der Waals surface area contributed by atoms with E-state index >= 15 is 0 Å². The molecule has 0 bridgehead atoms. The monoisotopic (exact) mass is 348 g/mol. The standard InChI is InChI=1S/C19H32N4O2/c1-2-18-20-7-11-22(18)10-6-19(24)23-9-4-8-21(12-13-23)15-17-5-3-14-25-16-17/h7,11,17H,2-6,8-10,12-16H2,1H3. The molecule has 25 heavy (non-hydrogen) atoms. The zero-order valence-electron chi connectivity index (χ0n) is 15.5. The number of carbonyl (C=O) groups is 1. The van der Waals surface area contributed by atoms with Crippen molar-refractivity contribution in [2.75, 3.05) is 45.9 Å². The fourth-order valence-corrected chi connectivity index (χ4v) is 3.95. The molecule has 1 unspecified atom stereocenters. The van der Waals surface area contributed by atoms with Crippen LogP contribution in [-0.4, -0.2) is 71.2 Å². The average molecular weight is 348 g/mol. The highest BCUT2D eigenvalue weighted by atomic mass is 16.5. The topological polar surface area (TPSA) is 50.6 Å². The largest absolute Gasteiger partial charge is 0.381 e. The van der Waals surface area contributed by atoms with Gasteiger partial charge in [-0.3, -0.25) is 4.79 Å². The molecule has 1 aromatic heterocycles. The number of ether oxygens (including phenoxy) is 1. The predicted molar refractivity (Wildman–Crippen MR) is 97.4 cm³/mol. The van der Waals surface area contributed by atoms with Gasteiger partial charge in [-0.05, 0) is 31.7 Å². The lowest BCUT2D eigenvalue weighted by molar-refractivity contribution is -0.131. The number of aromatic nitrogens is 2. The lowest BCUT2D eigenvalue weighted by atomic mass is 10.0. The van der Waals surface area contributed by atoms with E-state index in [1.165, 1.54) is 12.8 Å². The number of aryl methyl sites for hydroxylation is 2.